The van der Waals surface area contributed by atoms with Gasteiger partial charge in [0.05, 0.1) is 18.8 Å². The zero-order valence-corrected chi connectivity index (χ0v) is 10.2. The van der Waals surface area contributed by atoms with Crippen molar-refractivity contribution in [1.82, 2.24) is 0 Å². The molecule has 5 heteroatoms. The lowest BCUT2D eigenvalue weighted by atomic mass is 10.0. The Kier molecular flexibility index (Phi) is 3.61. The zero-order valence-electron chi connectivity index (χ0n) is 10.2. The number of methoxy groups -OCH3 is 1. The van der Waals surface area contributed by atoms with Crippen LogP contribution in [0.2, 0.25) is 0 Å². The van der Waals surface area contributed by atoms with Gasteiger partial charge in [-0.3, -0.25) is 4.79 Å². The van der Waals surface area contributed by atoms with Crippen molar-refractivity contribution >= 4 is 5.78 Å². The molecular formula is C13H14F2O3. The van der Waals surface area contributed by atoms with Crippen molar-refractivity contribution in [2.45, 2.75) is 32.0 Å². The summed E-state index contributed by atoms with van der Waals surface area (Å²) in [6.07, 6.45) is 0.404. The molecule has 2 unspecified atom stereocenters. The van der Waals surface area contributed by atoms with Gasteiger partial charge < -0.3 is 9.47 Å². The van der Waals surface area contributed by atoms with Crippen LogP contribution in [0.25, 0.3) is 0 Å². The van der Waals surface area contributed by atoms with Crippen molar-refractivity contribution in [2.24, 2.45) is 0 Å². The van der Waals surface area contributed by atoms with E-state index in [1.807, 2.05) is 6.92 Å². The van der Waals surface area contributed by atoms with Crippen LogP contribution in [-0.2, 0) is 4.74 Å². The molecule has 0 N–H and O–H groups in total. The maximum atomic E-state index is 13.7. The largest absolute Gasteiger partial charge is 0.497 e. The summed E-state index contributed by atoms with van der Waals surface area (Å²) >= 11 is 0. The molecule has 1 heterocycles. The summed E-state index contributed by atoms with van der Waals surface area (Å²) in [6, 6.07) is 1.99. The Morgan fingerprint density at radius 1 is 1.33 bits per heavy atom. The predicted molar refractivity (Wildman–Crippen MR) is 60.8 cm³/mol. The number of ketones is 1. The number of benzene rings is 1. The van der Waals surface area contributed by atoms with Gasteiger partial charge in [0.15, 0.2) is 5.78 Å². The maximum absolute atomic E-state index is 13.7. The molecule has 0 spiro atoms. The number of carbonyl (C=O) groups excluding carboxylic acids is 1. The van der Waals surface area contributed by atoms with E-state index in [2.05, 4.69) is 0 Å². The molecule has 2 atom stereocenters. The molecule has 2 rings (SSSR count). The number of halogens is 2. The van der Waals surface area contributed by atoms with Crippen molar-refractivity contribution in [3.8, 4) is 5.75 Å². The van der Waals surface area contributed by atoms with E-state index >= 15 is 0 Å². The molecule has 1 saturated heterocycles. The van der Waals surface area contributed by atoms with Gasteiger partial charge in [-0.25, -0.2) is 8.78 Å². The van der Waals surface area contributed by atoms with Gasteiger partial charge in [-0.05, 0) is 19.8 Å². The third-order valence-corrected chi connectivity index (χ3v) is 3.02. The van der Waals surface area contributed by atoms with Crippen molar-refractivity contribution in [3.05, 3.63) is 29.3 Å². The highest BCUT2D eigenvalue weighted by molar-refractivity contribution is 6.00. The fourth-order valence-electron chi connectivity index (χ4n) is 2.06. The van der Waals surface area contributed by atoms with Crippen LogP contribution in [-0.4, -0.2) is 25.1 Å². The number of hydrogen-bond donors (Lipinski definition) is 0. The molecule has 3 nitrogen and oxygen atoms in total. The first-order valence-electron chi connectivity index (χ1n) is 5.75. The lowest BCUT2D eigenvalue weighted by Gasteiger charge is -2.12. The molecule has 1 fully saturated rings. The first kappa shape index (κ1) is 13.0. The van der Waals surface area contributed by atoms with Gasteiger partial charge in [-0.15, -0.1) is 0 Å². The normalized spacial score (nSPS) is 23.1. The van der Waals surface area contributed by atoms with Crippen LogP contribution in [0.15, 0.2) is 12.1 Å². The SMILES string of the molecule is COc1cc(F)c(C(=O)C2CCC(C)O2)c(F)c1. The fraction of sp³-hybridized carbons (Fsp3) is 0.462. The van der Waals surface area contributed by atoms with E-state index in [1.165, 1.54) is 7.11 Å². The Balaban J connectivity index is 2.30. The van der Waals surface area contributed by atoms with Gasteiger partial charge in [0.25, 0.3) is 0 Å². The monoisotopic (exact) mass is 256 g/mol. The summed E-state index contributed by atoms with van der Waals surface area (Å²) in [6.45, 7) is 1.83. The molecule has 0 amide bonds. The van der Waals surface area contributed by atoms with Crippen LogP contribution in [0.5, 0.6) is 5.75 Å². The molecule has 0 saturated carbocycles. The standard InChI is InChI=1S/C13H14F2O3/c1-7-3-4-11(18-7)13(16)12-9(14)5-8(17-2)6-10(12)15/h5-7,11H,3-4H2,1-2H3. The average Bonchev–Trinajstić information content (AvgIpc) is 2.74. The van der Waals surface area contributed by atoms with Crippen LogP contribution in [0.3, 0.4) is 0 Å². The Morgan fingerprint density at radius 3 is 2.39 bits per heavy atom. The average molecular weight is 256 g/mol. The molecule has 0 aliphatic carbocycles. The van der Waals surface area contributed by atoms with E-state index in [1.54, 1.807) is 0 Å². The topological polar surface area (TPSA) is 35.5 Å². The number of ether oxygens (including phenoxy) is 2. The Morgan fingerprint density at radius 2 is 1.94 bits per heavy atom. The van der Waals surface area contributed by atoms with Crippen LogP contribution < -0.4 is 4.74 Å². The summed E-state index contributed by atoms with van der Waals surface area (Å²) in [7, 11) is 1.30. The molecule has 0 aromatic heterocycles. The third kappa shape index (κ3) is 2.36. The highest BCUT2D eigenvalue weighted by Crippen LogP contribution is 2.27. The first-order valence-corrected chi connectivity index (χ1v) is 5.75. The van der Waals surface area contributed by atoms with Crippen LogP contribution >= 0.6 is 0 Å². The van der Waals surface area contributed by atoms with Crippen molar-refractivity contribution < 1.29 is 23.0 Å². The van der Waals surface area contributed by atoms with Crippen LogP contribution in [0.4, 0.5) is 8.78 Å². The number of rotatable bonds is 3. The highest BCUT2D eigenvalue weighted by Gasteiger charge is 2.32. The minimum absolute atomic E-state index is 0.0438. The minimum Gasteiger partial charge on any atom is -0.497 e. The summed E-state index contributed by atoms with van der Waals surface area (Å²) < 4.78 is 37.5. The number of carbonyl (C=O) groups is 1. The molecular weight excluding hydrogens is 242 g/mol. The van der Waals surface area contributed by atoms with Gasteiger partial charge in [0.1, 0.15) is 23.5 Å². The van der Waals surface area contributed by atoms with Crippen molar-refractivity contribution in [2.75, 3.05) is 7.11 Å². The quantitative estimate of drug-likeness (QED) is 0.780. The maximum Gasteiger partial charge on any atom is 0.197 e. The van der Waals surface area contributed by atoms with Gasteiger partial charge in [0.2, 0.25) is 0 Å². The second-order valence-electron chi connectivity index (χ2n) is 4.34. The van der Waals surface area contributed by atoms with E-state index in [-0.39, 0.29) is 11.9 Å². The van der Waals surface area contributed by atoms with Crippen LogP contribution in [0, 0.1) is 11.6 Å². The van der Waals surface area contributed by atoms with Gasteiger partial charge >= 0.3 is 0 Å². The number of hydrogen-bond acceptors (Lipinski definition) is 3. The van der Waals surface area contributed by atoms with Crippen LogP contribution in [0.1, 0.15) is 30.1 Å². The molecule has 0 radical (unpaired) electrons. The Bertz CT molecular complexity index is 450. The summed E-state index contributed by atoms with van der Waals surface area (Å²) in [5.74, 6) is -2.43. The lowest BCUT2D eigenvalue weighted by Crippen LogP contribution is -2.23. The summed E-state index contributed by atoms with van der Waals surface area (Å²) in [4.78, 5) is 12.0. The summed E-state index contributed by atoms with van der Waals surface area (Å²) in [5.41, 5.74) is -0.546. The molecule has 1 aromatic carbocycles. The Hall–Kier alpha value is -1.49. The van der Waals surface area contributed by atoms with Gasteiger partial charge in [-0.2, -0.15) is 0 Å². The Labute approximate surface area is 104 Å². The van der Waals surface area contributed by atoms with Gasteiger partial charge in [-0.1, -0.05) is 0 Å². The predicted octanol–water partition coefficient (Wildman–Crippen LogP) is 2.72. The fourth-order valence-corrected chi connectivity index (χ4v) is 2.06. The minimum atomic E-state index is -0.917. The molecule has 18 heavy (non-hydrogen) atoms. The van der Waals surface area contributed by atoms with E-state index in [9.17, 15) is 13.6 Å². The van der Waals surface area contributed by atoms with Crippen molar-refractivity contribution in [1.29, 1.82) is 0 Å². The second-order valence-corrected chi connectivity index (χ2v) is 4.34. The second kappa shape index (κ2) is 5.02. The molecule has 1 aliphatic rings. The number of Topliss-reactive ketones (excluding diaryl/α,β-unsaturated/α-hetero) is 1. The molecule has 98 valence electrons. The summed E-state index contributed by atoms with van der Waals surface area (Å²) in [5, 5.41) is 0. The van der Waals surface area contributed by atoms with E-state index in [0.717, 1.165) is 18.6 Å². The van der Waals surface area contributed by atoms with E-state index in [4.69, 9.17) is 9.47 Å². The van der Waals surface area contributed by atoms with Crippen molar-refractivity contribution in [3.63, 3.8) is 0 Å². The smallest absolute Gasteiger partial charge is 0.197 e. The molecule has 0 bridgehead atoms. The molecule has 1 aliphatic heterocycles. The van der Waals surface area contributed by atoms with E-state index < -0.39 is 29.1 Å². The zero-order chi connectivity index (χ0) is 13.3. The molecule has 1 aromatic rings. The first-order chi connectivity index (χ1) is 8.52. The van der Waals surface area contributed by atoms with E-state index in [0.29, 0.717) is 6.42 Å². The van der Waals surface area contributed by atoms with Gasteiger partial charge in [0, 0.05) is 12.1 Å². The third-order valence-electron chi connectivity index (χ3n) is 3.02. The lowest BCUT2D eigenvalue weighted by molar-refractivity contribution is 0.0426. The highest BCUT2D eigenvalue weighted by atomic mass is 19.1.